The predicted molar refractivity (Wildman–Crippen MR) is 80.0 cm³/mol. The van der Waals surface area contributed by atoms with Gasteiger partial charge >= 0.3 is 0 Å². The Morgan fingerprint density at radius 1 is 1.40 bits per heavy atom. The number of hydrogen-bond acceptors (Lipinski definition) is 4. The van der Waals surface area contributed by atoms with Crippen molar-refractivity contribution in [3.63, 3.8) is 0 Å². The molecule has 0 radical (unpaired) electrons. The van der Waals surface area contributed by atoms with Crippen LogP contribution in [0.25, 0.3) is 0 Å². The van der Waals surface area contributed by atoms with E-state index in [2.05, 4.69) is 30.8 Å². The summed E-state index contributed by atoms with van der Waals surface area (Å²) >= 11 is 0. The monoisotopic (exact) mass is 276 g/mol. The second-order valence-corrected chi connectivity index (χ2v) is 6.10. The van der Waals surface area contributed by atoms with E-state index >= 15 is 0 Å². The summed E-state index contributed by atoms with van der Waals surface area (Å²) in [6.07, 6.45) is 0. The summed E-state index contributed by atoms with van der Waals surface area (Å²) < 4.78 is 0. The molecule has 1 aliphatic rings. The quantitative estimate of drug-likeness (QED) is 0.854. The van der Waals surface area contributed by atoms with Crippen molar-refractivity contribution >= 4 is 5.78 Å². The third kappa shape index (κ3) is 3.19. The number of hydrogen-bond donors (Lipinski definition) is 1. The van der Waals surface area contributed by atoms with Gasteiger partial charge in [0.2, 0.25) is 0 Å². The van der Waals surface area contributed by atoms with Crippen LogP contribution in [0.1, 0.15) is 29.8 Å². The average Bonchev–Trinajstić information content (AvgIpc) is 2.73. The molecule has 2 unspecified atom stereocenters. The van der Waals surface area contributed by atoms with E-state index in [0.29, 0.717) is 24.1 Å². The van der Waals surface area contributed by atoms with Gasteiger partial charge in [0, 0.05) is 36.8 Å². The second-order valence-electron chi connectivity index (χ2n) is 6.10. The normalized spacial score (nSPS) is 23.4. The number of ketones is 1. The van der Waals surface area contributed by atoms with Gasteiger partial charge in [-0.25, -0.2) is 0 Å². The largest absolute Gasteiger partial charge is 0.508 e. The van der Waals surface area contributed by atoms with Crippen LogP contribution in [-0.4, -0.2) is 53.9 Å². The maximum Gasteiger partial charge on any atom is 0.159 e. The molecule has 4 nitrogen and oxygen atoms in total. The zero-order valence-corrected chi connectivity index (χ0v) is 12.8. The zero-order chi connectivity index (χ0) is 14.9. The summed E-state index contributed by atoms with van der Waals surface area (Å²) in [6.45, 7) is 6.53. The number of Topliss-reactive ketones (excluding diaryl/α,β-unsaturated/α-hetero) is 1. The van der Waals surface area contributed by atoms with E-state index in [9.17, 15) is 9.90 Å². The van der Waals surface area contributed by atoms with Crippen LogP contribution in [0.15, 0.2) is 18.2 Å². The predicted octanol–water partition coefficient (Wildman–Crippen LogP) is 1.98. The van der Waals surface area contributed by atoms with Crippen molar-refractivity contribution in [3.05, 3.63) is 29.3 Å². The standard InChI is InChI=1S/C16H24N2O2/c1-11-8-18(10-15(11)17(3)4)9-14-7-13(12(2)19)5-6-16(14)20/h5-7,11,15,20H,8-10H2,1-4H3. The van der Waals surface area contributed by atoms with Crippen molar-refractivity contribution in [2.45, 2.75) is 26.4 Å². The second kappa shape index (κ2) is 5.94. The van der Waals surface area contributed by atoms with Gasteiger partial charge in [0.25, 0.3) is 0 Å². The lowest BCUT2D eigenvalue weighted by Crippen LogP contribution is -2.34. The first-order valence-electron chi connectivity index (χ1n) is 7.10. The van der Waals surface area contributed by atoms with Crippen LogP contribution in [-0.2, 0) is 6.54 Å². The van der Waals surface area contributed by atoms with E-state index in [1.807, 2.05) is 6.07 Å². The molecular weight excluding hydrogens is 252 g/mol. The van der Waals surface area contributed by atoms with Crippen LogP contribution in [0.2, 0.25) is 0 Å². The molecule has 1 heterocycles. The highest BCUT2D eigenvalue weighted by Gasteiger charge is 2.31. The first kappa shape index (κ1) is 15.0. The molecule has 0 spiro atoms. The van der Waals surface area contributed by atoms with Gasteiger partial charge in [-0.2, -0.15) is 0 Å². The fraction of sp³-hybridized carbons (Fsp3) is 0.562. The number of carbonyl (C=O) groups excluding carboxylic acids is 1. The lowest BCUT2D eigenvalue weighted by atomic mass is 10.1. The number of phenols is 1. The van der Waals surface area contributed by atoms with Crippen molar-refractivity contribution in [2.24, 2.45) is 5.92 Å². The number of rotatable bonds is 4. The van der Waals surface area contributed by atoms with Gasteiger partial charge in [-0.15, -0.1) is 0 Å². The Balaban J connectivity index is 2.11. The van der Waals surface area contributed by atoms with Crippen LogP contribution >= 0.6 is 0 Å². The van der Waals surface area contributed by atoms with Gasteiger partial charge in [0.15, 0.2) is 5.78 Å². The van der Waals surface area contributed by atoms with Crippen LogP contribution < -0.4 is 0 Å². The van der Waals surface area contributed by atoms with E-state index in [0.717, 1.165) is 18.7 Å². The van der Waals surface area contributed by atoms with E-state index in [1.165, 1.54) is 0 Å². The third-order valence-electron chi connectivity index (χ3n) is 4.19. The number of likely N-dealkylation sites (N-methyl/N-ethyl adjacent to an activating group) is 1. The number of likely N-dealkylation sites (tertiary alicyclic amines) is 1. The van der Waals surface area contributed by atoms with Crippen molar-refractivity contribution in [3.8, 4) is 5.75 Å². The molecule has 1 aromatic rings. The van der Waals surface area contributed by atoms with Gasteiger partial charge in [-0.1, -0.05) is 6.92 Å². The Morgan fingerprint density at radius 2 is 2.10 bits per heavy atom. The number of benzene rings is 1. The molecule has 1 saturated heterocycles. The molecule has 1 aromatic carbocycles. The molecule has 0 bridgehead atoms. The van der Waals surface area contributed by atoms with Crippen molar-refractivity contribution in [1.29, 1.82) is 0 Å². The third-order valence-corrected chi connectivity index (χ3v) is 4.19. The highest BCUT2D eigenvalue weighted by molar-refractivity contribution is 5.94. The summed E-state index contributed by atoms with van der Waals surface area (Å²) in [5, 5.41) is 9.97. The Morgan fingerprint density at radius 3 is 2.65 bits per heavy atom. The van der Waals surface area contributed by atoms with Gasteiger partial charge in [0.05, 0.1) is 0 Å². The van der Waals surface area contributed by atoms with Gasteiger partial charge in [-0.3, -0.25) is 9.69 Å². The minimum atomic E-state index is 0.0345. The number of carbonyl (C=O) groups is 1. The van der Waals surface area contributed by atoms with Crippen LogP contribution in [0.3, 0.4) is 0 Å². The SMILES string of the molecule is CC(=O)c1ccc(O)c(CN2CC(C)C(N(C)C)C2)c1. The molecule has 4 heteroatoms. The van der Waals surface area contributed by atoms with E-state index in [-0.39, 0.29) is 11.5 Å². The summed E-state index contributed by atoms with van der Waals surface area (Å²) in [7, 11) is 4.22. The summed E-state index contributed by atoms with van der Waals surface area (Å²) in [4.78, 5) is 16.0. The Labute approximate surface area is 121 Å². The fourth-order valence-corrected chi connectivity index (χ4v) is 3.02. The fourth-order valence-electron chi connectivity index (χ4n) is 3.02. The number of nitrogens with zero attached hydrogens (tertiary/aromatic N) is 2. The smallest absolute Gasteiger partial charge is 0.159 e. The van der Waals surface area contributed by atoms with E-state index < -0.39 is 0 Å². The van der Waals surface area contributed by atoms with E-state index in [1.54, 1.807) is 19.1 Å². The maximum absolute atomic E-state index is 11.4. The minimum absolute atomic E-state index is 0.0345. The van der Waals surface area contributed by atoms with Gasteiger partial charge in [0.1, 0.15) is 5.75 Å². The average molecular weight is 276 g/mol. The van der Waals surface area contributed by atoms with Gasteiger partial charge < -0.3 is 10.0 Å². The molecule has 2 rings (SSSR count). The lowest BCUT2D eigenvalue weighted by molar-refractivity contribution is 0.101. The first-order valence-corrected chi connectivity index (χ1v) is 7.10. The molecule has 0 aromatic heterocycles. The highest BCUT2D eigenvalue weighted by atomic mass is 16.3. The van der Waals surface area contributed by atoms with Crippen molar-refractivity contribution in [2.75, 3.05) is 27.2 Å². The summed E-state index contributed by atoms with van der Waals surface area (Å²) in [6, 6.07) is 5.66. The molecule has 2 atom stereocenters. The summed E-state index contributed by atoms with van der Waals surface area (Å²) in [5.41, 5.74) is 1.50. The maximum atomic E-state index is 11.4. The topological polar surface area (TPSA) is 43.8 Å². The summed E-state index contributed by atoms with van der Waals surface area (Å²) in [5.74, 6) is 0.922. The van der Waals surface area contributed by atoms with Crippen LogP contribution in [0.4, 0.5) is 0 Å². The molecule has 0 saturated carbocycles. The van der Waals surface area contributed by atoms with E-state index in [4.69, 9.17) is 0 Å². The van der Waals surface area contributed by atoms with Crippen LogP contribution in [0.5, 0.6) is 5.75 Å². The Bertz CT molecular complexity index is 499. The molecule has 110 valence electrons. The molecule has 0 aliphatic carbocycles. The minimum Gasteiger partial charge on any atom is -0.508 e. The Kier molecular flexibility index (Phi) is 4.45. The van der Waals surface area contributed by atoms with Crippen LogP contribution in [0, 0.1) is 5.92 Å². The first-order chi connectivity index (χ1) is 9.38. The number of phenolic OH excluding ortho intramolecular Hbond substituents is 1. The molecule has 1 fully saturated rings. The molecule has 20 heavy (non-hydrogen) atoms. The molecular formula is C16H24N2O2. The number of aromatic hydroxyl groups is 1. The Hall–Kier alpha value is -1.39. The molecule has 1 aliphatic heterocycles. The van der Waals surface area contributed by atoms with Crippen molar-refractivity contribution in [1.82, 2.24) is 9.80 Å². The van der Waals surface area contributed by atoms with Gasteiger partial charge in [-0.05, 0) is 45.1 Å². The highest BCUT2D eigenvalue weighted by Crippen LogP contribution is 2.26. The lowest BCUT2D eigenvalue weighted by Gasteiger charge is -2.22. The molecule has 1 N–H and O–H groups in total. The van der Waals surface area contributed by atoms with Crippen molar-refractivity contribution < 1.29 is 9.90 Å². The molecule has 0 amide bonds. The zero-order valence-electron chi connectivity index (χ0n) is 12.8.